The summed E-state index contributed by atoms with van der Waals surface area (Å²) in [6, 6.07) is 65.3. The van der Waals surface area contributed by atoms with E-state index < -0.39 is 0 Å². The topological polar surface area (TPSA) is 34.2 Å². The van der Waals surface area contributed by atoms with E-state index >= 15 is 0 Å². The summed E-state index contributed by atoms with van der Waals surface area (Å²) < 4.78 is 4.94. The first-order valence-electron chi connectivity index (χ1n) is 17.9. The Bertz CT molecular complexity index is 3020. The van der Waals surface area contributed by atoms with Crippen molar-refractivity contribution >= 4 is 65.8 Å². The zero-order valence-corrected chi connectivity index (χ0v) is 28.2. The van der Waals surface area contributed by atoms with Crippen LogP contribution in [0.2, 0.25) is 0 Å². The maximum atomic E-state index is 5.30. The van der Waals surface area contributed by atoms with Gasteiger partial charge in [-0.2, -0.15) is 0 Å². The van der Waals surface area contributed by atoms with Crippen molar-refractivity contribution in [3.8, 4) is 11.4 Å². The second-order valence-electron chi connectivity index (χ2n) is 13.6. The molecule has 244 valence electrons. The lowest BCUT2D eigenvalue weighted by molar-refractivity contribution is 0.827. The molecule has 0 fully saturated rings. The molecule has 1 unspecified atom stereocenters. The van der Waals surface area contributed by atoms with Crippen LogP contribution in [0.5, 0.6) is 0 Å². The molecule has 4 heteroatoms. The number of para-hydroxylation sites is 4. The highest BCUT2D eigenvalue weighted by Crippen LogP contribution is 2.46. The van der Waals surface area contributed by atoms with Gasteiger partial charge >= 0.3 is 0 Å². The first-order chi connectivity index (χ1) is 25.8. The molecule has 1 N–H and O–H groups in total. The molecular formula is C48H32N4. The maximum absolute atomic E-state index is 5.30. The van der Waals surface area contributed by atoms with Crippen LogP contribution in [0.4, 0.5) is 5.69 Å². The summed E-state index contributed by atoms with van der Waals surface area (Å²) in [5.41, 5.74) is 12.5. The Hall–Kier alpha value is -6.91. The Morgan fingerprint density at radius 1 is 0.423 bits per heavy atom. The maximum Gasteiger partial charge on any atom is 0.145 e. The van der Waals surface area contributed by atoms with E-state index in [4.69, 9.17) is 4.99 Å². The van der Waals surface area contributed by atoms with Crippen LogP contribution in [0.3, 0.4) is 0 Å². The lowest BCUT2D eigenvalue weighted by atomic mass is 9.97. The Morgan fingerprint density at radius 2 is 0.904 bits per heavy atom. The normalized spacial score (nSPS) is 14.2. The Balaban J connectivity index is 1.19. The van der Waals surface area contributed by atoms with Gasteiger partial charge in [0.05, 0.1) is 27.8 Å². The first kappa shape index (κ1) is 28.9. The smallest absolute Gasteiger partial charge is 0.145 e. The van der Waals surface area contributed by atoms with Crippen molar-refractivity contribution in [1.29, 1.82) is 0 Å². The molecule has 8 aromatic carbocycles. The number of fused-ring (bicyclic) bond motifs is 11. The fourth-order valence-corrected chi connectivity index (χ4v) is 8.49. The van der Waals surface area contributed by atoms with Crippen LogP contribution in [0.15, 0.2) is 187 Å². The molecule has 52 heavy (non-hydrogen) atoms. The molecule has 0 saturated heterocycles. The summed E-state index contributed by atoms with van der Waals surface area (Å²) in [5.74, 6) is 0. The molecule has 0 aliphatic carbocycles. The first-order valence-corrected chi connectivity index (χ1v) is 17.9. The number of hydrogen-bond donors (Lipinski definition) is 1. The Morgan fingerprint density at radius 3 is 1.52 bits per heavy atom. The monoisotopic (exact) mass is 664 g/mol. The second-order valence-corrected chi connectivity index (χ2v) is 13.6. The predicted molar refractivity (Wildman–Crippen MR) is 218 cm³/mol. The van der Waals surface area contributed by atoms with Crippen LogP contribution in [-0.2, 0) is 0 Å². The van der Waals surface area contributed by atoms with E-state index in [1.807, 2.05) is 0 Å². The SMILES string of the molecule is c1ccc(C2=NC(c3ccc(-n4c5ccccc5c5c6ccccc6c6c7ccccc7n(-c7ccccc7)c6c54)cc3)Nc3ccccc32)cc1. The van der Waals surface area contributed by atoms with Gasteiger partial charge in [0, 0.05) is 49.7 Å². The van der Waals surface area contributed by atoms with Gasteiger partial charge in [0.1, 0.15) is 6.17 Å². The van der Waals surface area contributed by atoms with Crippen LogP contribution in [-0.4, -0.2) is 14.8 Å². The molecule has 0 amide bonds. The summed E-state index contributed by atoms with van der Waals surface area (Å²) in [5, 5.41) is 11.3. The van der Waals surface area contributed by atoms with Gasteiger partial charge in [0.2, 0.25) is 0 Å². The van der Waals surface area contributed by atoms with Crippen molar-refractivity contribution in [2.75, 3.05) is 5.32 Å². The standard InChI is InChI=1S/C48H32N4/c1-3-15-31(16-4-1)45-37-21-9-12-24-40(37)49-48(50-45)32-27-29-34(30-28-32)52-42-26-14-11-23-39(42)44-36-20-8-7-19-35(36)43-38-22-10-13-25-41(38)51(46(43)47(44)52)33-17-5-2-6-18-33/h1-30,48-49H. The van der Waals surface area contributed by atoms with Crippen molar-refractivity contribution in [3.63, 3.8) is 0 Å². The highest BCUT2D eigenvalue weighted by Gasteiger charge is 2.26. The molecule has 4 nitrogen and oxygen atoms in total. The van der Waals surface area contributed by atoms with Gasteiger partial charge in [-0.05, 0) is 58.8 Å². The number of aromatic nitrogens is 2. The molecule has 1 atom stereocenters. The molecule has 0 bridgehead atoms. The number of hydrogen-bond acceptors (Lipinski definition) is 2. The van der Waals surface area contributed by atoms with Gasteiger partial charge in [0.15, 0.2) is 0 Å². The Labute approximate surface area is 300 Å². The quantitative estimate of drug-likeness (QED) is 0.200. The minimum Gasteiger partial charge on any atom is -0.360 e. The summed E-state index contributed by atoms with van der Waals surface area (Å²) >= 11 is 0. The third kappa shape index (κ3) is 4.18. The summed E-state index contributed by atoms with van der Waals surface area (Å²) in [6.07, 6.45) is -0.214. The molecule has 11 rings (SSSR count). The minimum absolute atomic E-state index is 0.214. The van der Waals surface area contributed by atoms with E-state index in [9.17, 15) is 0 Å². The zero-order valence-electron chi connectivity index (χ0n) is 28.2. The molecule has 3 heterocycles. The van der Waals surface area contributed by atoms with Crippen molar-refractivity contribution in [1.82, 2.24) is 9.13 Å². The molecule has 10 aromatic rings. The molecule has 2 aromatic heterocycles. The number of aliphatic imine (C=N–C) groups is 1. The zero-order chi connectivity index (χ0) is 34.2. The fourth-order valence-electron chi connectivity index (χ4n) is 8.49. The molecule has 0 spiro atoms. The minimum atomic E-state index is -0.214. The van der Waals surface area contributed by atoms with Crippen molar-refractivity contribution in [2.45, 2.75) is 6.17 Å². The number of rotatable bonds is 4. The van der Waals surface area contributed by atoms with E-state index in [0.29, 0.717) is 0 Å². The summed E-state index contributed by atoms with van der Waals surface area (Å²) in [7, 11) is 0. The van der Waals surface area contributed by atoms with Crippen LogP contribution in [0, 0.1) is 0 Å². The van der Waals surface area contributed by atoms with Crippen molar-refractivity contribution in [3.05, 3.63) is 199 Å². The van der Waals surface area contributed by atoms with Gasteiger partial charge in [-0.3, -0.25) is 4.99 Å². The molecule has 1 aliphatic rings. The van der Waals surface area contributed by atoms with E-state index in [0.717, 1.165) is 39.5 Å². The molecular weight excluding hydrogens is 633 g/mol. The van der Waals surface area contributed by atoms with Gasteiger partial charge in [-0.1, -0.05) is 140 Å². The van der Waals surface area contributed by atoms with Gasteiger partial charge in [-0.15, -0.1) is 0 Å². The molecule has 1 aliphatic heterocycles. The second kappa shape index (κ2) is 11.3. The third-order valence-electron chi connectivity index (χ3n) is 10.7. The molecule has 0 saturated carbocycles. The fraction of sp³-hybridized carbons (Fsp3) is 0.0208. The van der Waals surface area contributed by atoms with Gasteiger partial charge in [-0.25, -0.2) is 0 Å². The summed E-state index contributed by atoms with van der Waals surface area (Å²) in [6.45, 7) is 0. The number of nitrogens with zero attached hydrogens (tertiary/aromatic N) is 3. The highest BCUT2D eigenvalue weighted by molar-refractivity contribution is 6.36. The van der Waals surface area contributed by atoms with Crippen LogP contribution in [0.1, 0.15) is 22.9 Å². The predicted octanol–water partition coefficient (Wildman–Crippen LogP) is 12.0. The van der Waals surface area contributed by atoms with Gasteiger partial charge < -0.3 is 14.5 Å². The number of benzene rings is 8. The lowest BCUT2D eigenvalue weighted by Gasteiger charge is -2.26. The van der Waals surface area contributed by atoms with Gasteiger partial charge in [0.25, 0.3) is 0 Å². The van der Waals surface area contributed by atoms with E-state index in [-0.39, 0.29) is 6.17 Å². The molecule has 0 radical (unpaired) electrons. The van der Waals surface area contributed by atoms with E-state index in [1.165, 1.54) is 54.4 Å². The highest BCUT2D eigenvalue weighted by atomic mass is 15.1. The largest absolute Gasteiger partial charge is 0.360 e. The van der Waals surface area contributed by atoms with Crippen molar-refractivity contribution < 1.29 is 0 Å². The van der Waals surface area contributed by atoms with Crippen LogP contribution in [0.25, 0.3) is 65.8 Å². The van der Waals surface area contributed by atoms with Crippen LogP contribution >= 0.6 is 0 Å². The van der Waals surface area contributed by atoms with E-state index in [2.05, 4.69) is 196 Å². The number of nitrogens with one attached hydrogen (secondary N) is 1. The summed E-state index contributed by atoms with van der Waals surface area (Å²) in [4.78, 5) is 5.30. The Kier molecular flexibility index (Phi) is 6.28. The average molecular weight is 665 g/mol. The third-order valence-corrected chi connectivity index (χ3v) is 10.7. The van der Waals surface area contributed by atoms with Crippen molar-refractivity contribution in [2.24, 2.45) is 4.99 Å². The van der Waals surface area contributed by atoms with Crippen LogP contribution < -0.4 is 5.32 Å². The lowest BCUT2D eigenvalue weighted by Crippen LogP contribution is -2.20. The average Bonchev–Trinajstić information content (AvgIpc) is 3.75. The number of anilines is 1. The van der Waals surface area contributed by atoms with E-state index in [1.54, 1.807) is 0 Å².